The molecule has 62 valence electrons. The summed E-state index contributed by atoms with van der Waals surface area (Å²) in [6, 6.07) is 5.80. The summed E-state index contributed by atoms with van der Waals surface area (Å²) < 4.78 is 0. The van der Waals surface area contributed by atoms with Gasteiger partial charge in [0, 0.05) is 29.2 Å². The fourth-order valence-electron chi connectivity index (χ4n) is 1.31. The lowest BCUT2D eigenvalue weighted by Gasteiger charge is -1.95. The van der Waals surface area contributed by atoms with Crippen LogP contribution in [-0.2, 0) is 0 Å². The predicted octanol–water partition coefficient (Wildman–Crippen LogP) is 2.86. The highest BCUT2D eigenvalue weighted by Crippen LogP contribution is 2.24. The predicted molar refractivity (Wildman–Crippen MR) is 52.9 cm³/mol. The van der Waals surface area contributed by atoms with Gasteiger partial charge in [0.2, 0.25) is 0 Å². The molecule has 3 heteroatoms. The largest absolute Gasteiger partial charge is 0.386 e. The molecule has 0 aliphatic carbocycles. The summed E-state index contributed by atoms with van der Waals surface area (Å²) in [5.41, 5.74) is 2.16. The molecule has 0 amide bonds. The van der Waals surface area contributed by atoms with E-state index in [2.05, 4.69) is 10.3 Å². The summed E-state index contributed by atoms with van der Waals surface area (Å²) in [4.78, 5) is 3.13. The van der Waals surface area contributed by atoms with E-state index >= 15 is 0 Å². The summed E-state index contributed by atoms with van der Waals surface area (Å²) in [7, 11) is 1.90. The minimum absolute atomic E-state index is 0.756. The Kier molecular flexibility index (Phi) is 1.70. The van der Waals surface area contributed by atoms with Crippen molar-refractivity contribution in [1.29, 1.82) is 0 Å². The van der Waals surface area contributed by atoms with E-state index in [9.17, 15) is 0 Å². The van der Waals surface area contributed by atoms with E-state index in [4.69, 9.17) is 11.6 Å². The average Bonchev–Trinajstić information content (AvgIpc) is 2.46. The van der Waals surface area contributed by atoms with E-state index in [1.165, 1.54) is 5.39 Å². The lowest BCUT2D eigenvalue weighted by Crippen LogP contribution is -1.83. The molecule has 0 bridgehead atoms. The number of aromatic nitrogens is 1. The molecule has 2 nitrogen and oxygen atoms in total. The van der Waals surface area contributed by atoms with E-state index in [-0.39, 0.29) is 0 Å². The van der Waals surface area contributed by atoms with Gasteiger partial charge in [0.05, 0.1) is 5.69 Å². The molecule has 0 saturated heterocycles. The zero-order valence-corrected chi connectivity index (χ0v) is 7.44. The Morgan fingerprint density at radius 2 is 2.25 bits per heavy atom. The highest BCUT2D eigenvalue weighted by atomic mass is 35.5. The second-order valence-corrected chi connectivity index (χ2v) is 3.08. The van der Waals surface area contributed by atoms with Gasteiger partial charge in [0.25, 0.3) is 0 Å². The lowest BCUT2D eigenvalue weighted by molar-refractivity contribution is 1.45. The summed E-state index contributed by atoms with van der Waals surface area (Å²) in [6.07, 6.45) is 1.93. The number of aromatic amines is 1. The topological polar surface area (TPSA) is 27.8 Å². The molecule has 0 unspecified atom stereocenters. The number of H-pyrrole nitrogens is 1. The van der Waals surface area contributed by atoms with Crippen molar-refractivity contribution in [3.8, 4) is 0 Å². The molecule has 12 heavy (non-hydrogen) atoms. The Morgan fingerprint density at radius 1 is 1.42 bits per heavy atom. The van der Waals surface area contributed by atoms with Gasteiger partial charge in [-0.2, -0.15) is 0 Å². The molecule has 0 aliphatic rings. The van der Waals surface area contributed by atoms with Crippen LogP contribution in [0.5, 0.6) is 0 Å². The van der Waals surface area contributed by atoms with Crippen molar-refractivity contribution >= 4 is 28.2 Å². The van der Waals surface area contributed by atoms with Gasteiger partial charge in [-0.25, -0.2) is 0 Å². The van der Waals surface area contributed by atoms with Crippen molar-refractivity contribution < 1.29 is 0 Å². The van der Waals surface area contributed by atoms with Crippen LogP contribution in [0.1, 0.15) is 0 Å². The van der Waals surface area contributed by atoms with Crippen molar-refractivity contribution in [2.24, 2.45) is 0 Å². The molecule has 0 fully saturated rings. The quantitative estimate of drug-likeness (QED) is 0.694. The van der Waals surface area contributed by atoms with Crippen LogP contribution in [-0.4, -0.2) is 12.0 Å². The SMILES string of the molecule is CNc1c[nH]c2cc(Cl)ccc12. The Bertz CT molecular complexity index is 406. The minimum atomic E-state index is 0.756. The summed E-state index contributed by atoms with van der Waals surface area (Å²) in [5, 5.41) is 5.02. The average molecular weight is 181 g/mol. The van der Waals surface area contributed by atoms with E-state index in [1.807, 2.05) is 31.4 Å². The first-order valence-corrected chi connectivity index (χ1v) is 4.13. The maximum Gasteiger partial charge on any atom is 0.0595 e. The van der Waals surface area contributed by atoms with Crippen molar-refractivity contribution in [3.05, 3.63) is 29.4 Å². The zero-order chi connectivity index (χ0) is 8.55. The smallest absolute Gasteiger partial charge is 0.0595 e. The van der Waals surface area contributed by atoms with Crippen molar-refractivity contribution in [1.82, 2.24) is 4.98 Å². The molecule has 1 aromatic carbocycles. The van der Waals surface area contributed by atoms with Gasteiger partial charge in [0.1, 0.15) is 0 Å². The van der Waals surface area contributed by atoms with Crippen LogP contribution in [0.4, 0.5) is 5.69 Å². The zero-order valence-electron chi connectivity index (χ0n) is 6.69. The van der Waals surface area contributed by atoms with E-state index < -0.39 is 0 Å². The number of hydrogen-bond acceptors (Lipinski definition) is 1. The standard InChI is InChI=1S/C9H9ClN2/c1-11-9-5-12-8-4-6(10)2-3-7(8)9/h2-5,11-12H,1H3. The molecule has 0 saturated carbocycles. The Morgan fingerprint density at radius 3 is 3.00 bits per heavy atom. The van der Waals surface area contributed by atoms with E-state index in [0.717, 1.165) is 16.2 Å². The van der Waals surface area contributed by atoms with Gasteiger partial charge < -0.3 is 10.3 Å². The second kappa shape index (κ2) is 2.72. The van der Waals surface area contributed by atoms with Gasteiger partial charge in [-0.05, 0) is 18.2 Å². The monoisotopic (exact) mass is 180 g/mol. The lowest BCUT2D eigenvalue weighted by atomic mass is 10.2. The molecule has 0 aliphatic heterocycles. The van der Waals surface area contributed by atoms with Crippen LogP contribution >= 0.6 is 11.6 Å². The molecular weight excluding hydrogens is 172 g/mol. The van der Waals surface area contributed by atoms with Crippen LogP contribution in [0.3, 0.4) is 0 Å². The Hall–Kier alpha value is -1.15. The van der Waals surface area contributed by atoms with Crippen LogP contribution in [0.15, 0.2) is 24.4 Å². The molecule has 2 rings (SSSR count). The van der Waals surface area contributed by atoms with Crippen molar-refractivity contribution in [2.45, 2.75) is 0 Å². The highest BCUT2D eigenvalue weighted by molar-refractivity contribution is 6.31. The minimum Gasteiger partial charge on any atom is -0.386 e. The molecule has 0 spiro atoms. The van der Waals surface area contributed by atoms with E-state index in [1.54, 1.807) is 0 Å². The first-order valence-electron chi connectivity index (χ1n) is 3.75. The third-order valence-electron chi connectivity index (χ3n) is 1.91. The Balaban J connectivity index is 2.73. The van der Waals surface area contributed by atoms with E-state index in [0.29, 0.717) is 0 Å². The molecule has 1 heterocycles. The van der Waals surface area contributed by atoms with Gasteiger partial charge in [0.15, 0.2) is 0 Å². The summed E-state index contributed by atoms with van der Waals surface area (Å²) >= 11 is 5.83. The van der Waals surface area contributed by atoms with Crippen LogP contribution in [0.2, 0.25) is 5.02 Å². The van der Waals surface area contributed by atoms with Gasteiger partial charge in [-0.15, -0.1) is 0 Å². The fraction of sp³-hybridized carbons (Fsp3) is 0.111. The number of benzene rings is 1. The highest BCUT2D eigenvalue weighted by Gasteiger charge is 2.00. The third kappa shape index (κ3) is 1.04. The van der Waals surface area contributed by atoms with Gasteiger partial charge in [-0.1, -0.05) is 11.6 Å². The van der Waals surface area contributed by atoms with Crippen molar-refractivity contribution in [2.75, 3.05) is 12.4 Å². The number of hydrogen-bond donors (Lipinski definition) is 2. The van der Waals surface area contributed by atoms with Crippen molar-refractivity contribution in [3.63, 3.8) is 0 Å². The number of fused-ring (bicyclic) bond motifs is 1. The number of nitrogens with one attached hydrogen (secondary N) is 2. The number of halogens is 1. The molecule has 2 N–H and O–H groups in total. The van der Waals surface area contributed by atoms with Crippen LogP contribution < -0.4 is 5.32 Å². The molecule has 0 radical (unpaired) electrons. The number of anilines is 1. The second-order valence-electron chi connectivity index (χ2n) is 2.64. The summed E-state index contributed by atoms with van der Waals surface area (Å²) in [5.74, 6) is 0. The first kappa shape index (κ1) is 7.50. The Labute approximate surface area is 75.5 Å². The number of rotatable bonds is 1. The first-order chi connectivity index (χ1) is 5.81. The normalized spacial score (nSPS) is 10.5. The van der Waals surface area contributed by atoms with Gasteiger partial charge >= 0.3 is 0 Å². The molecular formula is C9H9ClN2. The maximum atomic E-state index is 5.83. The summed E-state index contributed by atoms with van der Waals surface area (Å²) in [6.45, 7) is 0. The maximum absolute atomic E-state index is 5.83. The third-order valence-corrected chi connectivity index (χ3v) is 2.15. The molecule has 0 atom stereocenters. The molecule has 1 aromatic heterocycles. The fourth-order valence-corrected chi connectivity index (χ4v) is 1.48. The molecule has 2 aromatic rings. The van der Waals surface area contributed by atoms with Crippen LogP contribution in [0, 0.1) is 0 Å². The van der Waals surface area contributed by atoms with Crippen LogP contribution in [0.25, 0.3) is 10.9 Å². The van der Waals surface area contributed by atoms with Gasteiger partial charge in [-0.3, -0.25) is 0 Å².